The van der Waals surface area contributed by atoms with Crippen molar-refractivity contribution in [1.29, 1.82) is 0 Å². The van der Waals surface area contributed by atoms with Gasteiger partial charge in [0.25, 0.3) is 0 Å². The maximum atomic E-state index is 4.49. The summed E-state index contributed by atoms with van der Waals surface area (Å²) in [4.78, 5) is 4.49. The Hall–Kier alpha value is -0.501. The van der Waals surface area contributed by atoms with E-state index in [2.05, 4.69) is 46.9 Å². The van der Waals surface area contributed by atoms with Crippen molar-refractivity contribution in [2.24, 2.45) is 0 Å². The van der Waals surface area contributed by atoms with Crippen molar-refractivity contribution in [3.63, 3.8) is 0 Å². The van der Waals surface area contributed by atoms with Crippen LogP contribution in [-0.2, 0) is 25.5 Å². The Labute approximate surface area is 123 Å². The van der Waals surface area contributed by atoms with Crippen LogP contribution in [0.1, 0.15) is 25.0 Å². The van der Waals surface area contributed by atoms with Gasteiger partial charge in [-0.05, 0) is 17.2 Å². The molecule has 2 aromatic rings. The molecule has 1 aliphatic carbocycles. The first kappa shape index (κ1) is 12.9. The predicted octanol–water partition coefficient (Wildman–Crippen LogP) is 3.95. The average molecular weight is 465 g/mol. The number of hydrogen-bond acceptors (Lipinski definition) is 1. The Kier molecular flexibility index (Phi) is 3.28. The number of pyridine rings is 1. The van der Waals surface area contributed by atoms with Crippen LogP contribution in [-0.4, -0.2) is 4.98 Å². The van der Waals surface area contributed by atoms with Crippen molar-refractivity contribution in [3.8, 4) is 11.3 Å². The SMILES string of the molecule is CC1(C)c2cccnc2-c2[c-]ccc(Br)c21.[Ir]. The predicted molar refractivity (Wildman–Crippen MR) is 68.3 cm³/mol. The molecule has 0 saturated heterocycles. The van der Waals surface area contributed by atoms with Crippen LogP contribution in [0.2, 0.25) is 0 Å². The van der Waals surface area contributed by atoms with E-state index in [9.17, 15) is 0 Å². The third-order valence-corrected chi connectivity index (χ3v) is 3.95. The van der Waals surface area contributed by atoms with E-state index in [1.54, 1.807) is 0 Å². The molecule has 0 atom stereocenters. The Morgan fingerprint density at radius 1 is 1.29 bits per heavy atom. The van der Waals surface area contributed by atoms with Gasteiger partial charge in [0.2, 0.25) is 0 Å². The zero-order valence-electron chi connectivity index (χ0n) is 9.55. The van der Waals surface area contributed by atoms with Gasteiger partial charge >= 0.3 is 0 Å². The molecule has 1 aromatic carbocycles. The molecule has 89 valence electrons. The van der Waals surface area contributed by atoms with Gasteiger partial charge in [-0.2, -0.15) is 0 Å². The monoisotopic (exact) mass is 465 g/mol. The van der Waals surface area contributed by atoms with E-state index < -0.39 is 0 Å². The molecule has 17 heavy (non-hydrogen) atoms. The minimum Gasteiger partial charge on any atom is -0.304 e. The van der Waals surface area contributed by atoms with Crippen LogP contribution in [0.5, 0.6) is 0 Å². The number of benzene rings is 1. The molecule has 1 aliphatic rings. The molecule has 1 radical (unpaired) electrons. The van der Waals surface area contributed by atoms with Gasteiger partial charge in [-0.3, -0.25) is 0 Å². The van der Waals surface area contributed by atoms with Crippen LogP contribution in [0.4, 0.5) is 0 Å². The third-order valence-electron chi connectivity index (χ3n) is 3.29. The summed E-state index contributed by atoms with van der Waals surface area (Å²) < 4.78 is 1.14. The van der Waals surface area contributed by atoms with Crippen LogP contribution >= 0.6 is 15.9 Å². The Morgan fingerprint density at radius 3 is 2.82 bits per heavy atom. The molecule has 3 heteroatoms. The fourth-order valence-electron chi connectivity index (χ4n) is 2.51. The van der Waals surface area contributed by atoms with Crippen LogP contribution < -0.4 is 0 Å². The summed E-state index contributed by atoms with van der Waals surface area (Å²) in [5.41, 5.74) is 4.80. The van der Waals surface area contributed by atoms with Gasteiger partial charge in [0.1, 0.15) is 0 Å². The smallest absolute Gasteiger partial charge is 0.0160 e. The van der Waals surface area contributed by atoms with Gasteiger partial charge < -0.3 is 4.98 Å². The van der Waals surface area contributed by atoms with Crippen molar-refractivity contribution in [1.82, 2.24) is 4.98 Å². The molecule has 1 aromatic heterocycles. The number of halogens is 1. The second kappa shape index (κ2) is 4.31. The fourth-order valence-corrected chi connectivity index (χ4v) is 3.34. The summed E-state index contributed by atoms with van der Waals surface area (Å²) in [5, 5.41) is 0. The first-order chi connectivity index (χ1) is 7.62. The first-order valence-corrected chi connectivity index (χ1v) is 6.08. The second-order valence-electron chi connectivity index (χ2n) is 4.60. The van der Waals surface area contributed by atoms with Crippen LogP contribution in [0.15, 0.2) is 34.9 Å². The molecule has 0 saturated carbocycles. The molecule has 0 amide bonds. The van der Waals surface area contributed by atoms with E-state index in [-0.39, 0.29) is 25.5 Å². The summed E-state index contributed by atoms with van der Waals surface area (Å²) in [6, 6.07) is 11.5. The first-order valence-electron chi connectivity index (χ1n) is 5.29. The van der Waals surface area contributed by atoms with Crippen molar-refractivity contribution in [2.45, 2.75) is 19.3 Å². The van der Waals surface area contributed by atoms with E-state index in [0.29, 0.717) is 0 Å². The minimum atomic E-state index is 0. The van der Waals surface area contributed by atoms with Crippen molar-refractivity contribution in [3.05, 3.63) is 52.1 Å². The van der Waals surface area contributed by atoms with E-state index in [1.165, 1.54) is 11.1 Å². The van der Waals surface area contributed by atoms with Crippen molar-refractivity contribution < 1.29 is 20.1 Å². The second-order valence-corrected chi connectivity index (χ2v) is 5.45. The summed E-state index contributed by atoms with van der Waals surface area (Å²) in [6.45, 7) is 4.47. The fraction of sp³-hybridized carbons (Fsp3) is 0.214. The van der Waals surface area contributed by atoms with Gasteiger partial charge in [-0.15, -0.1) is 29.3 Å². The van der Waals surface area contributed by atoms with Crippen LogP contribution in [0.25, 0.3) is 11.3 Å². The van der Waals surface area contributed by atoms with Gasteiger partial charge in [-0.25, -0.2) is 0 Å². The summed E-state index contributed by atoms with van der Waals surface area (Å²) in [7, 11) is 0. The molecule has 1 heterocycles. The number of rotatable bonds is 0. The average Bonchev–Trinajstić information content (AvgIpc) is 2.50. The topological polar surface area (TPSA) is 12.9 Å². The standard InChI is InChI=1S/C14H11BrN.Ir/c1-14(2)10-6-4-8-16-13(10)9-5-3-7-11(15)12(9)14;/h3-4,6-8H,1-2H3;/q-1;. The molecule has 0 N–H and O–H groups in total. The third kappa shape index (κ3) is 1.72. The van der Waals surface area contributed by atoms with Crippen LogP contribution in [0.3, 0.4) is 0 Å². The van der Waals surface area contributed by atoms with E-state index in [1.807, 2.05) is 24.4 Å². The zero-order chi connectivity index (χ0) is 11.3. The Bertz CT molecular complexity index is 578. The van der Waals surface area contributed by atoms with Crippen LogP contribution in [0, 0.1) is 6.07 Å². The molecule has 0 bridgehead atoms. The molecule has 0 spiro atoms. The van der Waals surface area contributed by atoms with E-state index in [0.717, 1.165) is 15.7 Å². The van der Waals surface area contributed by atoms with Gasteiger partial charge in [0.05, 0.1) is 0 Å². The van der Waals surface area contributed by atoms with E-state index in [4.69, 9.17) is 0 Å². The number of fused-ring (bicyclic) bond motifs is 3. The molecule has 0 unspecified atom stereocenters. The van der Waals surface area contributed by atoms with E-state index >= 15 is 0 Å². The molecular formula is C14H11BrIrN-. The normalized spacial score (nSPS) is 14.8. The summed E-state index contributed by atoms with van der Waals surface area (Å²) in [6.07, 6.45) is 1.85. The quantitative estimate of drug-likeness (QED) is 0.538. The number of hydrogen-bond donors (Lipinski definition) is 0. The van der Waals surface area contributed by atoms with Gasteiger partial charge in [0, 0.05) is 26.3 Å². The summed E-state index contributed by atoms with van der Waals surface area (Å²) >= 11 is 3.63. The Morgan fingerprint density at radius 2 is 2.06 bits per heavy atom. The van der Waals surface area contributed by atoms with Crippen molar-refractivity contribution >= 4 is 15.9 Å². The molecule has 0 aliphatic heterocycles. The van der Waals surface area contributed by atoms with Crippen molar-refractivity contribution in [2.75, 3.05) is 0 Å². The van der Waals surface area contributed by atoms with Gasteiger partial charge in [0.15, 0.2) is 0 Å². The maximum Gasteiger partial charge on any atom is 0.0160 e. The zero-order valence-corrected chi connectivity index (χ0v) is 13.5. The van der Waals surface area contributed by atoms with Gasteiger partial charge in [-0.1, -0.05) is 45.9 Å². The minimum absolute atomic E-state index is 0. The molecule has 1 nitrogen and oxygen atoms in total. The molecule has 0 fully saturated rings. The molecular weight excluding hydrogens is 454 g/mol. The summed E-state index contributed by atoms with van der Waals surface area (Å²) in [5.74, 6) is 0. The maximum absolute atomic E-state index is 4.49. The number of aromatic nitrogens is 1. The molecule has 3 rings (SSSR count). The number of nitrogens with zero attached hydrogens (tertiary/aromatic N) is 1. The Balaban J connectivity index is 0.00000108. The largest absolute Gasteiger partial charge is 0.304 e.